The van der Waals surface area contributed by atoms with E-state index in [9.17, 15) is 4.79 Å². The van der Waals surface area contributed by atoms with E-state index in [0.717, 1.165) is 24.2 Å². The summed E-state index contributed by atoms with van der Waals surface area (Å²) in [6, 6.07) is 0. The third kappa shape index (κ3) is 4.89. The van der Waals surface area contributed by atoms with Crippen LogP contribution in [0, 0.1) is 17.8 Å². The Kier molecular flexibility index (Phi) is 6.46. The van der Waals surface area contributed by atoms with E-state index in [1.54, 1.807) is 0 Å². The predicted molar refractivity (Wildman–Crippen MR) is 98.0 cm³/mol. The van der Waals surface area contributed by atoms with Gasteiger partial charge in [-0.3, -0.25) is 0 Å². The van der Waals surface area contributed by atoms with Gasteiger partial charge in [0.2, 0.25) is 0 Å². The number of rotatable bonds is 10. The molecule has 0 radical (unpaired) electrons. The van der Waals surface area contributed by atoms with Crippen LogP contribution in [0.25, 0.3) is 0 Å². The third-order valence-corrected chi connectivity index (χ3v) is 6.64. The average molecular weight is 336 g/mol. The molecule has 1 amide bonds. The maximum absolute atomic E-state index is 12.2. The average Bonchev–Trinajstić information content (AvgIpc) is 2.51. The fourth-order valence-corrected chi connectivity index (χ4v) is 5.92. The highest BCUT2D eigenvalue weighted by molar-refractivity contribution is 5.68. The summed E-state index contributed by atoms with van der Waals surface area (Å²) in [5.41, 5.74) is 0.0884. The smallest absolute Gasteiger partial charge is 0.407 e. The Labute approximate surface area is 148 Å². The number of hydrogen-bond donors (Lipinski definition) is 1. The standard InChI is InChI=1S/C21H37NO2/c1-2-3-4-5-6-7-8-9-10-24-20(23)22-21-14-17-11-18(15-21)13-19(12-17)16-21/h17-19H,2-16H2,1H3,(H,22,23). The topological polar surface area (TPSA) is 38.3 Å². The highest BCUT2D eigenvalue weighted by Crippen LogP contribution is 2.55. The Bertz CT molecular complexity index is 371. The van der Waals surface area contributed by atoms with Gasteiger partial charge in [-0.05, 0) is 62.7 Å². The van der Waals surface area contributed by atoms with Gasteiger partial charge in [0.1, 0.15) is 0 Å². The summed E-state index contributed by atoms with van der Waals surface area (Å²) in [6.07, 6.45) is 17.9. The van der Waals surface area contributed by atoms with E-state index in [1.165, 1.54) is 83.5 Å². The Balaban J connectivity index is 1.26. The molecule has 4 saturated carbocycles. The van der Waals surface area contributed by atoms with Crippen molar-refractivity contribution in [3.63, 3.8) is 0 Å². The number of nitrogens with one attached hydrogen (secondary N) is 1. The summed E-state index contributed by atoms with van der Waals surface area (Å²) in [5.74, 6) is 2.60. The molecule has 4 rings (SSSR count). The minimum Gasteiger partial charge on any atom is -0.450 e. The van der Waals surface area contributed by atoms with Gasteiger partial charge in [0.25, 0.3) is 0 Å². The Hall–Kier alpha value is -0.730. The van der Waals surface area contributed by atoms with E-state index < -0.39 is 0 Å². The van der Waals surface area contributed by atoms with Crippen molar-refractivity contribution in [1.29, 1.82) is 0 Å². The van der Waals surface area contributed by atoms with Crippen molar-refractivity contribution in [2.45, 2.75) is 102 Å². The molecule has 0 aromatic carbocycles. The molecule has 1 N–H and O–H groups in total. The molecule has 4 aliphatic rings. The number of carbonyl (C=O) groups excluding carboxylic acids is 1. The highest BCUT2D eigenvalue weighted by atomic mass is 16.5. The van der Waals surface area contributed by atoms with E-state index in [0.29, 0.717) is 6.61 Å². The molecular formula is C21H37NO2. The zero-order chi connectivity index (χ0) is 16.8. The van der Waals surface area contributed by atoms with Crippen LogP contribution in [0.4, 0.5) is 4.79 Å². The zero-order valence-corrected chi connectivity index (χ0v) is 15.7. The van der Waals surface area contributed by atoms with Gasteiger partial charge in [0.05, 0.1) is 6.61 Å². The van der Waals surface area contributed by atoms with Crippen molar-refractivity contribution in [2.75, 3.05) is 6.61 Å². The van der Waals surface area contributed by atoms with Crippen molar-refractivity contribution in [3.05, 3.63) is 0 Å². The summed E-state index contributed by atoms with van der Waals surface area (Å²) in [4.78, 5) is 12.2. The molecule has 0 atom stereocenters. The van der Waals surface area contributed by atoms with Gasteiger partial charge < -0.3 is 10.1 Å². The first kappa shape index (κ1) is 18.1. The van der Waals surface area contributed by atoms with E-state index in [-0.39, 0.29) is 11.6 Å². The van der Waals surface area contributed by atoms with Crippen LogP contribution >= 0.6 is 0 Å². The summed E-state index contributed by atoms with van der Waals surface area (Å²) in [7, 11) is 0. The van der Waals surface area contributed by atoms with E-state index in [4.69, 9.17) is 4.74 Å². The number of ether oxygens (including phenoxy) is 1. The van der Waals surface area contributed by atoms with Gasteiger partial charge in [0.15, 0.2) is 0 Å². The molecule has 0 aromatic heterocycles. The van der Waals surface area contributed by atoms with Gasteiger partial charge >= 0.3 is 6.09 Å². The van der Waals surface area contributed by atoms with Crippen molar-refractivity contribution >= 4 is 6.09 Å². The predicted octanol–water partition coefficient (Wildman–Crippen LogP) is 5.82. The van der Waals surface area contributed by atoms with Crippen LogP contribution in [-0.2, 0) is 4.74 Å². The summed E-state index contributed by atoms with van der Waals surface area (Å²) >= 11 is 0. The first-order valence-corrected chi connectivity index (χ1v) is 10.6. The molecular weight excluding hydrogens is 298 g/mol. The molecule has 0 aromatic rings. The quantitative estimate of drug-likeness (QED) is 0.511. The lowest BCUT2D eigenvalue weighted by Gasteiger charge is -2.56. The second-order valence-electron chi connectivity index (χ2n) is 8.93. The molecule has 0 heterocycles. The van der Waals surface area contributed by atoms with Crippen molar-refractivity contribution in [1.82, 2.24) is 5.32 Å². The molecule has 3 heteroatoms. The van der Waals surface area contributed by atoms with Crippen LogP contribution in [0.1, 0.15) is 96.8 Å². The van der Waals surface area contributed by atoms with Crippen LogP contribution in [0.5, 0.6) is 0 Å². The summed E-state index contributed by atoms with van der Waals surface area (Å²) in [5, 5.41) is 3.29. The molecule has 4 fully saturated rings. The fourth-order valence-electron chi connectivity index (χ4n) is 5.92. The number of amides is 1. The zero-order valence-electron chi connectivity index (χ0n) is 15.7. The second kappa shape index (κ2) is 8.58. The van der Waals surface area contributed by atoms with Crippen LogP contribution in [-0.4, -0.2) is 18.2 Å². The molecule has 3 nitrogen and oxygen atoms in total. The molecule has 4 bridgehead atoms. The van der Waals surface area contributed by atoms with Gasteiger partial charge in [-0.15, -0.1) is 0 Å². The lowest BCUT2D eigenvalue weighted by atomic mass is 9.53. The highest BCUT2D eigenvalue weighted by Gasteiger charge is 2.51. The van der Waals surface area contributed by atoms with Crippen molar-refractivity contribution in [3.8, 4) is 0 Å². The van der Waals surface area contributed by atoms with Crippen molar-refractivity contribution < 1.29 is 9.53 Å². The minimum absolute atomic E-state index is 0.0884. The van der Waals surface area contributed by atoms with E-state index in [2.05, 4.69) is 12.2 Å². The number of alkyl carbamates (subject to hydrolysis) is 1. The summed E-state index contributed by atoms with van der Waals surface area (Å²) in [6.45, 7) is 2.85. The Morgan fingerprint density at radius 1 is 0.875 bits per heavy atom. The normalized spacial score (nSPS) is 33.6. The summed E-state index contributed by atoms with van der Waals surface area (Å²) < 4.78 is 5.48. The second-order valence-corrected chi connectivity index (χ2v) is 8.93. The maximum Gasteiger partial charge on any atom is 0.407 e. The van der Waals surface area contributed by atoms with Crippen LogP contribution in [0.15, 0.2) is 0 Å². The lowest BCUT2D eigenvalue weighted by Crippen LogP contribution is -2.59. The minimum atomic E-state index is -0.153. The van der Waals surface area contributed by atoms with Gasteiger partial charge in [0, 0.05) is 5.54 Å². The molecule has 4 aliphatic carbocycles. The third-order valence-electron chi connectivity index (χ3n) is 6.64. The van der Waals surface area contributed by atoms with E-state index in [1.807, 2.05) is 0 Å². The molecule has 0 saturated heterocycles. The van der Waals surface area contributed by atoms with Gasteiger partial charge in [-0.1, -0.05) is 51.9 Å². The van der Waals surface area contributed by atoms with Crippen LogP contribution < -0.4 is 5.32 Å². The number of hydrogen-bond acceptors (Lipinski definition) is 2. The van der Waals surface area contributed by atoms with Gasteiger partial charge in [-0.25, -0.2) is 4.79 Å². The Morgan fingerprint density at radius 3 is 1.92 bits per heavy atom. The largest absolute Gasteiger partial charge is 0.450 e. The molecule has 0 unspecified atom stereocenters. The fraction of sp³-hybridized carbons (Fsp3) is 0.952. The Morgan fingerprint density at radius 2 is 1.38 bits per heavy atom. The van der Waals surface area contributed by atoms with Crippen molar-refractivity contribution in [2.24, 2.45) is 17.8 Å². The van der Waals surface area contributed by atoms with Gasteiger partial charge in [-0.2, -0.15) is 0 Å². The molecule has 24 heavy (non-hydrogen) atoms. The monoisotopic (exact) mass is 335 g/mol. The number of unbranched alkanes of at least 4 members (excludes halogenated alkanes) is 7. The first-order valence-electron chi connectivity index (χ1n) is 10.6. The molecule has 0 spiro atoms. The SMILES string of the molecule is CCCCCCCCCCOC(=O)NC12CC3CC(CC(C3)C1)C2. The van der Waals surface area contributed by atoms with Crippen LogP contribution in [0.2, 0.25) is 0 Å². The molecule has 0 aliphatic heterocycles. The number of carbonyl (C=O) groups is 1. The lowest BCUT2D eigenvalue weighted by molar-refractivity contribution is -0.0191. The first-order chi connectivity index (χ1) is 11.7. The van der Waals surface area contributed by atoms with E-state index >= 15 is 0 Å². The van der Waals surface area contributed by atoms with Crippen LogP contribution in [0.3, 0.4) is 0 Å². The maximum atomic E-state index is 12.2. The molecule has 138 valence electrons.